The Bertz CT molecular complexity index is 454. The Hall–Kier alpha value is -1.64. The molecule has 0 radical (unpaired) electrons. The molecule has 1 aromatic carbocycles. The lowest BCUT2D eigenvalue weighted by molar-refractivity contribution is -0.137. The molecule has 3 heteroatoms. The quantitative estimate of drug-likeness (QED) is 0.362. The van der Waals surface area contributed by atoms with Gasteiger partial charge in [-0.3, -0.25) is 4.79 Å². The van der Waals surface area contributed by atoms with Crippen molar-refractivity contribution in [2.24, 2.45) is 0 Å². The number of ether oxygens (including phenoxy) is 1. The van der Waals surface area contributed by atoms with Crippen LogP contribution in [0.4, 0.5) is 0 Å². The maximum Gasteiger partial charge on any atom is 0.379 e. The van der Waals surface area contributed by atoms with E-state index in [2.05, 4.69) is 0 Å². The van der Waals surface area contributed by atoms with Crippen LogP contribution in [0.3, 0.4) is 0 Å². The van der Waals surface area contributed by atoms with Gasteiger partial charge in [-0.05, 0) is 31.2 Å². The SMILES string of the molecule is CCOC(=O)C(=O)c1ccc(C2CCCCCC2)cc1. The van der Waals surface area contributed by atoms with E-state index in [1.54, 1.807) is 19.1 Å². The lowest BCUT2D eigenvalue weighted by Crippen LogP contribution is -2.17. The predicted octanol–water partition coefficient (Wildman–Crippen LogP) is 3.87. The molecule has 3 nitrogen and oxygen atoms in total. The first-order valence-corrected chi connectivity index (χ1v) is 7.53. The summed E-state index contributed by atoms with van der Waals surface area (Å²) in [5, 5.41) is 0. The molecular formula is C17H22O3. The second-order valence-corrected chi connectivity index (χ2v) is 5.36. The molecule has 0 heterocycles. The summed E-state index contributed by atoms with van der Waals surface area (Å²) in [7, 11) is 0. The molecule has 1 fully saturated rings. The summed E-state index contributed by atoms with van der Waals surface area (Å²) < 4.78 is 4.73. The average molecular weight is 274 g/mol. The number of Topliss-reactive ketones (excluding diaryl/α,β-unsaturated/α-hetero) is 1. The molecule has 0 saturated heterocycles. The molecule has 1 saturated carbocycles. The normalized spacial score (nSPS) is 16.4. The van der Waals surface area contributed by atoms with E-state index in [4.69, 9.17) is 4.74 Å². The first-order chi connectivity index (χ1) is 9.72. The number of hydrogen-bond donors (Lipinski definition) is 0. The highest BCUT2D eigenvalue weighted by atomic mass is 16.5. The van der Waals surface area contributed by atoms with Crippen molar-refractivity contribution in [1.82, 2.24) is 0 Å². The van der Waals surface area contributed by atoms with E-state index >= 15 is 0 Å². The maximum atomic E-state index is 11.8. The van der Waals surface area contributed by atoms with Gasteiger partial charge in [-0.15, -0.1) is 0 Å². The van der Waals surface area contributed by atoms with E-state index in [0.29, 0.717) is 11.5 Å². The number of carbonyl (C=O) groups is 2. The Morgan fingerprint density at radius 3 is 2.20 bits per heavy atom. The van der Waals surface area contributed by atoms with Crippen LogP contribution in [0.5, 0.6) is 0 Å². The number of esters is 1. The third kappa shape index (κ3) is 3.69. The summed E-state index contributed by atoms with van der Waals surface area (Å²) >= 11 is 0. The van der Waals surface area contributed by atoms with Gasteiger partial charge in [0.2, 0.25) is 0 Å². The zero-order valence-electron chi connectivity index (χ0n) is 12.1. The lowest BCUT2D eigenvalue weighted by Gasteiger charge is -2.14. The second kappa shape index (κ2) is 7.22. The van der Waals surface area contributed by atoms with Crippen molar-refractivity contribution in [3.8, 4) is 0 Å². The fourth-order valence-corrected chi connectivity index (χ4v) is 2.83. The van der Waals surface area contributed by atoms with Crippen LogP contribution in [-0.2, 0) is 9.53 Å². The molecule has 1 aromatic rings. The molecule has 108 valence electrons. The van der Waals surface area contributed by atoms with Gasteiger partial charge >= 0.3 is 5.97 Å². The van der Waals surface area contributed by atoms with Crippen LogP contribution in [0.15, 0.2) is 24.3 Å². The minimum Gasteiger partial charge on any atom is -0.460 e. The first-order valence-electron chi connectivity index (χ1n) is 7.53. The third-order valence-electron chi connectivity index (χ3n) is 3.96. The van der Waals surface area contributed by atoms with Crippen molar-refractivity contribution >= 4 is 11.8 Å². The summed E-state index contributed by atoms with van der Waals surface area (Å²) in [5.41, 5.74) is 1.70. The minimum absolute atomic E-state index is 0.227. The molecule has 0 unspecified atom stereocenters. The molecule has 0 aliphatic heterocycles. The van der Waals surface area contributed by atoms with Crippen LogP contribution < -0.4 is 0 Å². The van der Waals surface area contributed by atoms with E-state index in [1.165, 1.54) is 44.1 Å². The highest BCUT2D eigenvalue weighted by Gasteiger charge is 2.19. The van der Waals surface area contributed by atoms with E-state index < -0.39 is 11.8 Å². The van der Waals surface area contributed by atoms with Gasteiger partial charge in [0, 0.05) is 5.56 Å². The lowest BCUT2D eigenvalue weighted by atomic mass is 9.91. The van der Waals surface area contributed by atoms with Gasteiger partial charge < -0.3 is 4.74 Å². The Morgan fingerprint density at radius 2 is 1.65 bits per heavy atom. The van der Waals surface area contributed by atoms with E-state index in [1.807, 2.05) is 12.1 Å². The smallest absolute Gasteiger partial charge is 0.379 e. The van der Waals surface area contributed by atoms with Gasteiger partial charge in [0.25, 0.3) is 5.78 Å². The first kappa shape index (κ1) is 14.8. The summed E-state index contributed by atoms with van der Waals surface area (Å²) in [4.78, 5) is 23.2. The molecule has 1 aliphatic rings. The number of hydrogen-bond acceptors (Lipinski definition) is 3. The van der Waals surface area contributed by atoms with Crippen molar-refractivity contribution in [3.05, 3.63) is 35.4 Å². The second-order valence-electron chi connectivity index (χ2n) is 5.36. The minimum atomic E-state index is -0.769. The number of ketones is 1. The van der Waals surface area contributed by atoms with Crippen molar-refractivity contribution in [3.63, 3.8) is 0 Å². The van der Waals surface area contributed by atoms with Crippen LogP contribution in [0, 0.1) is 0 Å². The van der Waals surface area contributed by atoms with Gasteiger partial charge in [0.15, 0.2) is 0 Å². The predicted molar refractivity (Wildman–Crippen MR) is 77.8 cm³/mol. The maximum absolute atomic E-state index is 11.8. The summed E-state index contributed by atoms with van der Waals surface area (Å²) in [6.07, 6.45) is 7.69. The van der Waals surface area contributed by atoms with Gasteiger partial charge in [-0.25, -0.2) is 4.79 Å². The Labute approximate surface area is 120 Å². The summed E-state index contributed by atoms with van der Waals surface area (Å²) in [6.45, 7) is 1.92. The molecule has 0 spiro atoms. The van der Waals surface area contributed by atoms with Crippen molar-refractivity contribution in [2.75, 3.05) is 6.61 Å². The Kier molecular flexibility index (Phi) is 5.33. The van der Waals surface area contributed by atoms with E-state index in [0.717, 1.165) is 0 Å². The topological polar surface area (TPSA) is 43.4 Å². The van der Waals surface area contributed by atoms with Crippen molar-refractivity contribution < 1.29 is 14.3 Å². The molecule has 0 atom stereocenters. The van der Waals surface area contributed by atoms with Gasteiger partial charge in [-0.1, -0.05) is 49.9 Å². The van der Waals surface area contributed by atoms with E-state index in [-0.39, 0.29) is 6.61 Å². The highest BCUT2D eigenvalue weighted by Crippen LogP contribution is 2.31. The number of rotatable bonds is 4. The van der Waals surface area contributed by atoms with Crippen LogP contribution in [0.25, 0.3) is 0 Å². The Balaban J connectivity index is 2.05. The van der Waals surface area contributed by atoms with Gasteiger partial charge in [0.1, 0.15) is 0 Å². The third-order valence-corrected chi connectivity index (χ3v) is 3.96. The molecule has 0 aromatic heterocycles. The van der Waals surface area contributed by atoms with Crippen LogP contribution in [0.1, 0.15) is 67.3 Å². The Morgan fingerprint density at radius 1 is 1.05 bits per heavy atom. The molecule has 2 rings (SSSR count). The van der Waals surface area contributed by atoms with Crippen molar-refractivity contribution in [1.29, 1.82) is 0 Å². The molecule has 0 N–H and O–H groups in total. The highest BCUT2D eigenvalue weighted by molar-refractivity contribution is 6.40. The standard InChI is InChI=1S/C17H22O3/c1-2-20-17(19)16(18)15-11-9-14(10-12-15)13-7-5-3-4-6-8-13/h9-13H,2-8H2,1H3. The fourth-order valence-electron chi connectivity index (χ4n) is 2.83. The zero-order chi connectivity index (χ0) is 14.4. The van der Waals surface area contributed by atoms with Gasteiger partial charge in [0.05, 0.1) is 6.61 Å². The molecule has 0 bridgehead atoms. The number of benzene rings is 1. The summed E-state index contributed by atoms with van der Waals surface area (Å²) in [6, 6.07) is 7.48. The summed E-state index contributed by atoms with van der Waals surface area (Å²) in [5.74, 6) is -0.724. The van der Waals surface area contributed by atoms with E-state index in [9.17, 15) is 9.59 Å². The van der Waals surface area contributed by atoms with Crippen molar-refractivity contribution in [2.45, 2.75) is 51.4 Å². The molecular weight excluding hydrogens is 252 g/mol. The zero-order valence-corrected chi connectivity index (χ0v) is 12.1. The molecule has 0 amide bonds. The van der Waals surface area contributed by atoms with Crippen LogP contribution in [0.2, 0.25) is 0 Å². The monoisotopic (exact) mass is 274 g/mol. The molecule has 20 heavy (non-hydrogen) atoms. The average Bonchev–Trinajstić information content (AvgIpc) is 2.76. The van der Waals surface area contributed by atoms with Gasteiger partial charge in [-0.2, -0.15) is 0 Å². The fraction of sp³-hybridized carbons (Fsp3) is 0.529. The van der Waals surface area contributed by atoms with Crippen LogP contribution >= 0.6 is 0 Å². The number of carbonyl (C=O) groups excluding carboxylic acids is 2. The molecule has 1 aliphatic carbocycles. The largest absolute Gasteiger partial charge is 0.460 e. The van der Waals surface area contributed by atoms with Crippen LogP contribution in [-0.4, -0.2) is 18.4 Å².